The van der Waals surface area contributed by atoms with Crippen LogP contribution in [0.5, 0.6) is 0 Å². The van der Waals surface area contributed by atoms with Crippen molar-refractivity contribution in [3.63, 3.8) is 0 Å². The molecule has 18 heavy (non-hydrogen) atoms. The largest absolute Gasteiger partial charge is 0.383 e. The Balaban J connectivity index is 3.04. The van der Waals surface area contributed by atoms with E-state index in [0.29, 0.717) is 0 Å². The van der Waals surface area contributed by atoms with Gasteiger partial charge in [-0.15, -0.1) is 6.58 Å². The van der Waals surface area contributed by atoms with Crippen molar-refractivity contribution in [2.45, 2.75) is 4.90 Å². The predicted octanol–water partition coefficient (Wildman–Crippen LogP) is 1.65. The molecule has 1 aromatic carbocycles. The predicted molar refractivity (Wildman–Crippen MR) is 67.2 cm³/mol. The molecule has 0 saturated heterocycles. The first-order chi connectivity index (χ1) is 8.52. The van der Waals surface area contributed by atoms with Gasteiger partial charge in [0.1, 0.15) is 5.82 Å². The van der Waals surface area contributed by atoms with Gasteiger partial charge in [-0.25, -0.2) is 12.8 Å². The number of hydrogen-bond acceptors (Lipinski definition) is 3. The Morgan fingerprint density at radius 2 is 2.22 bits per heavy atom. The average molecular weight is 273 g/mol. The minimum Gasteiger partial charge on any atom is -0.383 e. The summed E-state index contributed by atoms with van der Waals surface area (Å²) < 4.78 is 43.6. The SMILES string of the molecule is C=CCN(CCOC)S(=O)(=O)c1cccc(F)c1. The zero-order chi connectivity index (χ0) is 13.6. The van der Waals surface area contributed by atoms with E-state index in [2.05, 4.69) is 6.58 Å². The van der Waals surface area contributed by atoms with E-state index in [9.17, 15) is 12.8 Å². The highest BCUT2D eigenvalue weighted by molar-refractivity contribution is 7.89. The van der Waals surface area contributed by atoms with Crippen molar-refractivity contribution in [1.29, 1.82) is 0 Å². The van der Waals surface area contributed by atoms with Crippen LogP contribution < -0.4 is 0 Å². The maximum absolute atomic E-state index is 13.1. The quantitative estimate of drug-likeness (QED) is 0.710. The lowest BCUT2D eigenvalue weighted by Gasteiger charge is -2.20. The lowest BCUT2D eigenvalue weighted by molar-refractivity contribution is 0.182. The van der Waals surface area contributed by atoms with Gasteiger partial charge in [0.25, 0.3) is 0 Å². The molecule has 0 saturated carbocycles. The van der Waals surface area contributed by atoms with Gasteiger partial charge in [0.15, 0.2) is 0 Å². The van der Waals surface area contributed by atoms with Gasteiger partial charge in [-0.3, -0.25) is 0 Å². The molecule has 0 aliphatic carbocycles. The molecule has 0 amide bonds. The average Bonchev–Trinajstić information content (AvgIpc) is 2.34. The van der Waals surface area contributed by atoms with Crippen molar-refractivity contribution < 1.29 is 17.5 Å². The van der Waals surface area contributed by atoms with Crippen LogP contribution in [0.3, 0.4) is 0 Å². The van der Waals surface area contributed by atoms with E-state index in [-0.39, 0.29) is 24.6 Å². The van der Waals surface area contributed by atoms with Crippen molar-refractivity contribution in [3.05, 3.63) is 42.7 Å². The number of hydrogen-bond donors (Lipinski definition) is 0. The first-order valence-electron chi connectivity index (χ1n) is 5.38. The van der Waals surface area contributed by atoms with Crippen molar-refractivity contribution in [2.24, 2.45) is 0 Å². The third-order valence-electron chi connectivity index (χ3n) is 2.31. The number of benzene rings is 1. The molecule has 0 bridgehead atoms. The number of ether oxygens (including phenoxy) is 1. The van der Waals surface area contributed by atoms with Crippen molar-refractivity contribution in [2.75, 3.05) is 26.8 Å². The lowest BCUT2D eigenvalue weighted by Crippen LogP contribution is -2.34. The molecule has 0 aliphatic heterocycles. The zero-order valence-electron chi connectivity index (χ0n) is 10.2. The molecule has 0 atom stereocenters. The molecule has 0 aliphatic rings. The van der Waals surface area contributed by atoms with E-state index in [0.717, 1.165) is 6.07 Å². The lowest BCUT2D eigenvalue weighted by atomic mass is 10.4. The van der Waals surface area contributed by atoms with Gasteiger partial charge in [0.2, 0.25) is 10.0 Å². The van der Waals surface area contributed by atoms with Crippen LogP contribution in [0.1, 0.15) is 0 Å². The van der Waals surface area contributed by atoms with Gasteiger partial charge >= 0.3 is 0 Å². The second kappa shape index (κ2) is 6.63. The number of sulfonamides is 1. The summed E-state index contributed by atoms with van der Waals surface area (Å²) in [5.74, 6) is -0.582. The molecule has 0 unspecified atom stereocenters. The fourth-order valence-electron chi connectivity index (χ4n) is 1.42. The van der Waals surface area contributed by atoms with Crippen molar-refractivity contribution >= 4 is 10.0 Å². The molecule has 0 radical (unpaired) electrons. The van der Waals surface area contributed by atoms with Crippen molar-refractivity contribution in [1.82, 2.24) is 4.31 Å². The third-order valence-corrected chi connectivity index (χ3v) is 4.17. The molecule has 0 heterocycles. The third kappa shape index (κ3) is 3.63. The highest BCUT2D eigenvalue weighted by Gasteiger charge is 2.23. The van der Waals surface area contributed by atoms with Crippen LogP contribution >= 0.6 is 0 Å². The van der Waals surface area contributed by atoms with Crippen LogP contribution in [0.25, 0.3) is 0 Å². The van der Waals surface area contributed by atoms with E-state index in [1.54, 1.807) is 0 Å². The fourth-order valence-corrected chi connectivity index (χ4v) is 2.85. The minimum absolute atomic E-state index is 0.0690. The van der Waals surface area contributed by atoms with Gasteiger partial charge < -0.3 is 4.74 Å². The molecule has 6 heteroatoms. The molecular formula is C12H16FNO3S. The maximum Gasteiger partial charge on any atom is 0.243 e. The molecule has 100 valence electrons. The summed E-state index contributed by atoms with van der Waals surface area (Å²) in [6.07, 6.45) is 1.48. The molecule has 0 fully saturated rings. The molecule has 1 rings (SSSR count). The van der Waals surface area contributed by atoms with E-state index in [1.807, 2.05) is 0 Å². The molecular weight excluding hydrogens is 257 g/mol. The van der Waals surface area contributed by atoms with Crippen LogP contribution in [0.2, 0.25) is 0 Å². The van der Waals surface area contributed by atoms with E-state index >= 15 is 0 Å². The van der Waals surface area contributed by atoms with Crippen LogP contribution in [0, 0.1) is 5.82 Å². The summed E-state index contributed by atoms with van der Waals surface area (Å²) in [4.78, 5) is -0.0690. The minimum atomic E-state index is -3.72. The Hall–Kier alpha value is -1.24. The Bertz CT molecular complexity index is 502. The highest BCUT2D eigenvalue weighted by atomic mass is 32.2. The summed E-state index contributed by atoms with van der Waals surface area (Å²) in [7, 11) is -2.23. The van der Waals surface area contributed by atoms with Gasteiger partial charge in [-0.05, 0) is 18.2 Å². The molecule has 0 spiro atoms. The van der Waals surface area contributed by atoms with Crippen LogP contribution in [0.4, 0.5) is 4.39 Å². The van der Waals surface area contributed by atoms with Crippen LogP contribution in [-0.4, -0.2) is 39.5 Å². The van der Waals surface area contributed by atoms with Gasteiger partial charge in [-0.1, -0.05) is 12.1 Å². The molecule has 1 aromatic rings. The Morgan fingerprint density at radius 1 is 1.50 bits per heavy atom. The number of rotatable bonds is 7. The highest BCUT2D eigenvalue weighted by Crippen LogP contribution is 2.16. The number of methoxy groups -OCH3 is 1. The monoisotopic (exact) mass is 273 g/mol. The summed E-state index contributed by atoms with van der Waals surface area (Å²) in [5, 5.41) is 0. The standard InChI is InChI=1S/C12H16FNO3S/c1-3-7-14(8-9-17-2)18(15,16)12-6-4-5-11(13)10-12/h3-6,10H,1,7-9H2,2H3. The summed E-state index contributed by atoms with van der Waals surface area (Å²) in [5.41, 5.74) is 0. The molecule has 4 nitrogen and oxygen atoms in total. The van der Waals surface area contributed by atoms with Gasteiger partial charge in [-0.2, -0.15) is 4.31 Å². The van der Waals surface area contributed by atoms with E-state index in [1.165, 1.54) is 35.7 Å². The zero-order valence-corrected chi connectivity index (χ0v) is 11.0. The number of nitrogens with zero attached hydrogens (tertiary/aromatic N) is 1. The number of halogens is 1. The second-order valence-corrected chi connectivity index (χ2v) is 5.54. The Morgan fingerprint density at radius 3 is 2.78 bits per heavy atom. The first kappa shape index (κ1) is 14.8. The molecule has 0 N–H and O–H groups in total. The van der Waals surface area contributed by atoms with Gasteiger partial charge in [0, 0.05) is 20.2 Å². The molecule has 0 aromatic heterocycles. The van der Waals surface area contributed by atoms with E-state index in [4.69, 9.17) is 4.74 Å². The van der Waals surface area contributed by atoms with Crippen LogP contribution in [0.15, 0.2) is 41.8 Å². The first-order valence-corrected chi connectivity index (χ1v) is 6.82. The normalized spacial score (nSPS) is 11.7. The fraction of sp³-hybridized carbons (Fsp3) is 0.333. The summed E-state index contributed by atoms with van der Waals surface area (Å²) in [6.45, 7) is 4.13. The van der Waals surface area contributed by atoms with Gasteiger partial charge in [0.05, 0.1) is 11.5 Å². The Labute approximate surface area is 107 Å². The summed E-state index contributed by atoms with van der Waals surface area (Å²) in [6, 6.07) is 4.93. The topological polar surface area (TPSA) is 46.6 Å². The van der Waals surface area contributed by atoms with Crippen molar-refractivity contribution in [3.8, 4) is 0 Å². The second-order valence-electron chi connectivity index (χ2n) is 3.60. The maximum atomic E-state index is 13.1. The Kier molecular flexibility index (Phi) is 5.46. The smallest absolute Gasteiger partial charge is 0.243 e. The summed E-state index contributed by atoms with van der Waals surface area (Å²) >= 11 is 0. The van der Waals surface area contributed by atoms with E-state index < -0.39 is 15.8 Å². The van der Waals surface area contributed by atoms with Crippen LogP contribution in [-0.2, 0) is 14.8 Å².